The van der Waals surface area contributed by atoms with Crippen molar-refractivity contribution in [2.45, 2.75) is 13.0 Å². The zero-order chi connectivity index (χ0) is 12.8. The summed E-state index contributed by atoms with van der Waals surface area (Å²) in [5.41, 5.74) is 0. The summed E-state index contributed by atoms with van der Waals surface area (Å²) in [6.45, 7) is 1.66. The van der Waals surface area contributed by atoms with Crippen molar-refractivity contribution in [1.29, 1.82) is 0 Å². The number of hydrogen-bond donors (Lipinski definition) is 0. The van der Waals surface area contributed by atoms with E-state index in [4.69, 9.17) is 4.74 Å². The molecular weight excluding hydrogens is 221 g/mol. The van der Waals surface area contributed by atoms with Gasteiger partial charge in [-0.2, -0.15) is 0 Å². The summed E-state index contributed by atoms with van der Waals surface area (Å²) >= 11 is 0. The third kappa shape index (κ3) is 4.68. The highest BCUT2D eigenvalue weighted by Crippen LogP contribution is 2.13. The second-order valence-electron chi connectivity index (χ2n) is 3.90. The Labute approximate surface area is 100 Å². The fraction of sp³-hybridized carbons (Fsp3) is 0.308. The van der Waals surface area contributed by atoms with Gasteiger partial charge in [0, 0.05) is 26.4 Å². The average molecular weight is 237 g/mol. The van der Waals surface area contributed by atoms with Crippen molar-refractivity contribution in [3.05, 3.63) is 42.4 Å². The number of benzene rings is 1. The number of halogens is 1. The lowest BCUT2D eigenvalue weighted by atomic mass is 10.2. The van der Waals surface area contributed by atoms with Crippen LogP contribution in [0.15, 0.2) is 36.5 Å². The molecule has 0 heterocycles. The molecule has 0 spiro atoms. The normalized spacial score (nSPS) is 12.5. The maximum absolute atomic E-state index is 12.7. The molecule has 0 saturated carbocycles. The Hall–Kier alpha value is -1.84. The van der Waals surface area contributed by atoms with Gasteiger partial charge in [-0.1, -0.05) is 0 Å². The number of carbonyl (C=O) groups excluding carboxylic acids is 1. The average Bonchev–Trinajstić information content (AvgIpc) is 2.28. The third-order valence-corrected chi connectivity index (χ3v) is 2.06. The molecule has 0 radical (unpaired) electrons. The number of rotatable bonds is 5. The molecule has 0 aromatic heterocycles. The molecule has 0 aliphatic rings. The first-order valence-electron chi connectivity index (χ1n) is 5.29. The fourth-order valence-electron chi connectivity index (χ4n) is 1.13. The van der Waals surface area contributed by atoms with Gasteiger partial charge in [-0.25, -0.2) is 4.39 Å². The van der Waals surface area contributed by atoms with Gasteiger partial charge >= 0.3 is 0 Å². The molecule has 0 amide bonds. The van der Waals surface area contributed by atoms with E-state index in [1.165, 1.54) is 30.3 Å². The smallest absolute Gasteiger partial charge is 0.197 e. The van der Waals surface area contributed by atoms with E-state index >= 15 is 0 Å². The van der Waals surface area contributed by atoms with Crippen LogP contribution in [0.1, 0.15) is 6.92 Å². The standard InChI is InChI=1S/C13H16FNO2/c1-10(13(16)8-9-15(2)3)17-12-6-4-11(14)5-7-12/h4-10H,1-3H3/b9-8+. The molecule has 1 aromatic carbocycles. The maximum Gasteiger partial charge on any atom is 0.197 e. The summed E-state index contributed by atoms with van der Waals surface area (Å²) in [4.78, 5) is 13.4. The molecule has 0 saturated heterocycles. The zero-order valence-corrected chi connectivity index (χ0v) is 10.2. The van der Waals surface area contributed by atoms with Crippen LogP contribution in [0.25, 0.3) is 0 Å². The minimum absolute atomic E-state index is 0.136. The molecule has 1 aromatic rings. The molecule has 92 valence electrons. The summed E-state index contributed by atoms with van der Waals surface area (Å²) < 4.78 is 18.0. The molecule has 1 rings (SSSR count). The van der Waals surface area contributed by atoms with Crippen LogP contribution in [0.2, 0.25) is 0 Å². The molecule has 1 atom stereocenters. The Kier molecular flexibility index (Phi) is 4.69. The van der Waals surface area contributed by atoms with Crippen molar-refractivity contribution >= 4 is 5.78 Å². The lowest BCUT2D eigenvalue weighted by Crippen LogP contribution is -2.22. The second kappa shape index (κ2) is 6.03. The molecule has 3 nitrogen and oxygen atoms in total. The summed E-state index contributed by atoms with van der Waals surface area (Å²) in [6.07, 6.45) is 2.53. The molecule has 1 unspecified atom stereocenters. The van der Waals surface area contributed by atoms with E-state index in [-0.39, 0.29) is 11.6 Å². The van der Waals surface area contributed by atoms with Crippen LogP contribution < -0.4 is 4.74 Å². The van der Waals surface area contributed by atoms with Gasteiger partial charge in [0.05, 0.1) is 0 Å². The van der Waals surface area contributed by atoms with Crippen LogP contribution in [-0.2, 0) is 4.79 Å². The molecule has 0 N–H and O–H groups in total. The first-order valence-corrected chi connectivity index (χ1v) is 5.29. The van der Waals surface area contributed by atoms with Gasteiger partial charge in [0.2, 0.25) is 0 Å². The maximum atomic E-state index is 12.7. The summed E-state index contributed by atoms with van der Waals surface area (Å²) in [5, 5.41) is 0. The molecule has 4 heteroatoms. The number of nitrogens with zero attached hydrogens (tertiary/aromatic N) is 1. The summed E-state index contributed by atoms with van der Waals surface area (Å²) in [5.74, 6) is 0.0114. The van der Waals surface area contributed by atoms with Crippen LogP contribution >= 0.6 is 0 Å². The van der Waals surface area contributed by atoms with Crippen LogP contribution in [0.5, 0.6) is 5.75 Å². The monoisotopic (exact) mass is 237 g/mol. The largest absolute Gasteiger partial charge is 0.483 e. The highest BCUT2D eigenvalue weighted by Gasteiger charge is 2.11. The SMILES string of the molecule is CC(Oc1ccc(F)cc1)C(=O)/C=C/N(C)C. The number of hydrogen-bond acceptors (Lipinski definition) is 3. The Bertz CT molecular complexity index is 398. The zero-order valence-electron chi connectivity index (χ0n) is 10.2. The second-order valence-corrected chi connectivity index (χ2v) is 3.90. The number of ketones is 1. The van der Waals surface area contributed by atoms with E-state index in [0.717, 1.165) is 0 Å². The van der Waals surface area contributed by atoms with Crippen molar-refractivity contribution in [2.24, 2.45) is 0 Å². The highest BCUT2D eigenvalue weighted by molar-refractivity contribution is 5.93. The minimum atomic E-state index is -0.586. The van der Waals surface area contributed by atoms with Gasteiger partial charge in [0.25, 0.3) is 0 Å². The summed E-state index contributed by atoms with van der Waals surface area (Å²) in [7, 11) is 3.66. The Balaban J connectivity index is 2.57. The van der Waals surface area contributed by atoms with E-state index in [0.29, 0.717) is 5.75 Å². The van der Waals surface area contributed by atoms with E-state index in [2.05, 4.69) is 0 Å². The van der Waals surface area contributed by atoms with Crippen LogP contribution in [0.4, 0.5) is 4.39 Å². The first-order chi connectivity index (χ1) is 7.99. The molecular formula is C13H16FNO2. The number of ether oxygens (including phenoxy) is 1. The van der Waals surface area contributed by atoms with Gasteiger partial charge in [-0.3, -0.25) is 4.79 Å². The van der Waals surface area contributed by atoms with Crippen LogP contribution in [0.3, 0.4) is 0 Å². The fourth-order valence-corrected chi connectivity index (χ4v) is 1.13. The lowest BCUT2D eigenvalue weighted by molar-refractivity contribution is -0.120. The van der Waals surface area contributed by atoms with E-state index < -0.39 is 6.10 Å². The van der Waals surface area contributed by atoms with Crippen molar-refractivity contribution in [3.63, 3.8) is 0 Å². The molecule has 0 aliphatic carbocycles. The van der Waals surface area contributed by atoms with Crippen LogP contribution in [-0.4, -0.2) is 30.9 Å². The first kappa shape index (κ1) is 13.2. The summed E-state index contributed by atoms with van der Waals surface area (Å²) in [6, 6.07) is 5.58. The van der Waals surface area contributed by atoms with Gasteiger partial charge in [0.15, 0.2) is 11.9 Å². The highest BCUT2D eigenvalue weighted by atomic mass is 19.1. The van der Waals surface area contributed by atoms with Gasteiger partial charge in [-0.05, 0) is 31.2 Å². The van der Waals surface area contributed by atoms with E-state index in [9.17, 15) is 9.18 Å². The lowest BCUT2D eigenvalue weighted by Gasteiger charge is -2.12. The van der Waals surface area contributed by atoms with Gasteiger partial charge in [-0.15, -0.1) is 0 Å². The van der Waals surface area contributed by atoms with E-state index in [1.54, 1.807) is 18.0 Å². The van der Waals surface area contributed by atoms with Gasteiger partial charge in [0.1, 0.15) is 11.6 Å². The molecule has 0 fully saturated rings. The Morgan fingerprint density at radius 1 is 1.35 bits per heavy atom. The quantitative estimate of drug-likeness (QED) is 0.735. The molecule has 0 bridgehead atoms. The topological polar surface area (TPSA) is 29.5 Å². The number of carbonyl (C=O) groups is 1. The Morgan fingerprint density at radius 3 is 2.47 bits per heavy atom. The Morgan fingerprint density at radius 2 is 1.94 bits per heavy atom. The predicted molar refractivity (Wildman–Crippen MR) is 64.3 cm³/mol. The van der Waals surface area contributed by atoms with Crippen molar-refractivity contribution in [2.75, 3.05) is 14.1 Å². The third-order valence-electron chi connectivity index (χ3n) is 2.06. The van der Waals surface area contributed by atoms with E-state index in [1.807, 2.05) is 14.1 Å². The van der Waals surface area contributed by atoms with Crippen LogP contribution in [0, 0.1) is 5.82 Å². The van der Waals surface area contributed by atoms with Gasteiger partial charge < -0.3 is 9.64 Å². The minimum Gasteiger partial charge on any atom is -0.483 e. The van der Waals surface area contributed by atoms with Crippen molar-refractivity contribution in [1.82, 2.24) is 4.90 Å². The molecule has 17 heavy (non-hydrogen) atoms. The van der Waals surface area contributed by atoms with Crippen molar-refractivity contribution < 1.29 is 13.9 Å². The van der Waals surface area contributed by atoms with Crippen molar-refractivity contribution in [3.8, 4) is 5.75 Å². The molecule has 0 aliphatic heterocycles. The predicted octanol–water partition coefficient (Wildman–Crippen LogP) is 2.24.